The third kappa shape index (κ3) is 3.10. The van der Waals surface area contributed by atoms with E-state index in [1.54, 1.807) is 11.6 Å². The molecule has 0 unspecified atom stereocenters. The van der Waals surface area contributed by atoms with Crippen LogP contribution in [0.5, 0.6) is 5.75 Å². The van der Waals surface area contributed by atoms with Crippen LogP contribution in [0.15, 0.2) is 18.2 Å². The van der Waals surface area contributed by atoms with E-state index in [2.05, 4.69) is 25.7 Å². The first-order valence-electron chi connectivity index (χ1n) is 8.65. The summed E-state index contributed by atoms with van der Waals surface area (Å²) in [5.41, 5.74) is 7.48. The third-order valence-corrected chi connectivity index (χ3v) is 4.73. The van der Waals surface area contributed by atoms with Crippen molar-refractivity contribution in [3.05, 3.63) is 24.0 Å². The largest absolute Gasteiger partial charge is 0.494 e. The second-order valence-electron chi connectivity index (χ2n) is 6.41. The number of aromatic nitrogens is 4. The molecule has 4 rings (SSSR count). The third-order valence-electron chi connectivity index (χ3n) is 4.73. The second-order valence-corrected chi connectivity index (χ2v) is 6.41. The Morgan fingerprint density at radius 3 is 2.96 bits per heavy atom. The zero-order valence-electron chi connectivity index (χ0n) is 14.3. The molecule has 2 aromatic heterocycles. The van der Waals surface area contributed by atoms with E-state index in [1.807, 2.05) is 18.2 Å². The fourth-order valence-corrected chi connectivity index (χ4v) is 3.38. The highest BCUT2D eigenvalue weighted by Gasteiger charge is 2.15. The SMILES string of the molecule is COc1cccc2c1nc(N)n1nc(CNCC3CCNCC3)nc21. The first kappa shape index (κ1) is 16.0. The zero-order valence-corrected chi connectivity index (χ0v) is 14.3. The maximum atomic E-state index is 6.07. The number of ether oxygens (including phenoxy) is 1. The number of hydrogen-bond acceptors (Lipinski definition) is 7. The number of rotatable bonds is 5. The molecule has 0 atom stereocenters. The standard InChI is InChI=1S/C17H23N7O/c1-25-13-4-2-3-12-15(13)22-17(18)24-16(12)21-14(23-24)10-20-9-11-5-7-19-8-6-11/h2-4,11,19-20H,5-10H2,1H3,(H2,18,22). The Morgan fingerprint density at radius 2 is 2.16 bits per heavy atom. The fourth-order valence-electron chi connectivity index (χ4n) is 3.38. The van der Waals surface area contributed by atoms with Crippen molar-refractivity contribution in [1.82, 2.24) is 30.2 Å². The van der Waals surface area contributed by atoms with Crippen LogP contribution in [0.3, 0.4) is 0 Å². The zero-order chi connectivity index (χ0) is 17.2. The van der Waals surface area contributed by atoms with Gasteiger partial charge in [0.05, 0.1) is 13.7 Å². The Morgan fingerprint density at radius 1 is 1.32 bits per heavy atom. The molecular formula is C17H23N7O. The lowest BCUT2D eigenvalue weighted by atomic mass is 9.98. The molecule has 3 aromatic rings. The normalized spacial score (nSPS) is 15.9. The van der Waals surface area contributed by atoms with Gasteiger partial charge in [-0.2, -0.15) is 4.52 Å². The van der Waals surface area contributed by atoms with Crippen LogP contribution < -0.4 is 21.1 Å². The highest BCUT2D eigenvalue weighted by atomic mass is 16.5. The molecule has 132 valence electrons. The van der Waals surface area contributed by atoms with Gasteiger partial charge in [0.2, 0.25) is 5.95 Å². The minimum Gasteiger partial charge on any atom is -0.494 e. The maximum absolute atomic E-state index is 6.07. The van der Waals surface area contributed by atoms with E-state index in [-0.39, 0.29) is 0 Å². The van der Waals surface area contributed by atoms with Crippen LogP contribution in [0.25, 0.3) is 16.6 Å². The van der Waals surface area contributed by atoms with Crippen molar-refractivity contribution in [1.29, 1.82) is 0 Å². The fraction of sp³-hybridized carbons (Fsp3) is 0.471. The Bertz CT molecular complexity index is 885. The molecule has 1 aliphatic heterocycles. The van der Waals surface area contributed by atoms with Crippen LogP contribution >= 0.6 is 0 Å². The number of nitrogens with one attached hydrogen (secondary N) is 2. The maximum Gasteiger partial charge on any atom is 0.223 e. The molecule has 25 heavy (non-hydrogen) atoms. The number of nitrogens with zero attached hydrogens (tertiary/aromatic N) is 4. The van der Waals surface area contributed by atoms with Crippen molar-refractivity contribution < 1.29 is 4.74 Å². The van der Waals surface area contributed by atoms with Crippen molar-refractivity contribution in [3.8, 4) is 5.75 Å². The van der Waals surface area contributed by atoms with Gasteiger partial charge in [-0.15, -0.1) is 5.10 Å². The molecule has 1 fully saturated rings. The van der Waals surface area contributed by atoms with Crippen molar-refractivity contribution in [2.24, 2.45) is 5.92 Å². The van der Waals surface area contributed by atoms with Gasteiger partial charge in [0, 0.05) is 5.39 Å². The number of fused-ring (bicyclic) bond motifs is 3. The molecule has 1 saturated heterocycles. The number of para-hydroxylation sites is 1. The Hall–Kier alpha value is -2.45. The summed E-state index contributed by atoms with van der Waals surface area (Å²) in [6.45, 7) is 3.82. The number of anilines is 1. The van der Waals surface area contributed by atoms with Crippen LogP contribution in [-0.4, -0.2) is 46.3 Å². The first-order chi connectivity index (χ1) is 12.3. The molecule has 8 heteroatoms. The average molecular weight is 341 g/mol. The van der Waals surface area contributed by atoms with Gasteiger partial charge in [-0.3, -0.25) is 0 Å². The molecule has 0 bridgehead atoms. The molecule has 8 nitrogen and oxygen atoms in total. The number of nitrogen functional groups attached to an aromatic ring is 1. The molecule has 0 aliphatic carbocycles. The van der Waals surface area contributed by atoms with E-state index >= 15 is 0 Å². The van der Waals surface area contributed by atoms with Gasteiger partial charge in [-0.1, -0.05) is 6.07 Å². The highest BCUT2D eigenvalue weighted by molar-refractivity contribution is 5.95. The van der Waals surface area contributed by atoms with Gasteiger partial charge in [0.25, 0.3) is 0 Å². The van der Waals surface area contributed by atoms with Gasteiger partial charge >= 0.3 is 0 Å². The lowest BCUT2D eigenvalue weighted by molar-refractivity contribution is 0.355. The highest BCUT2D eigenvalue weighted by Crippen LogP contribution is 2.27. The molecule has 4 N–H and O–H groups in total. The first-order valence-corrected chi connectivity index (χ1v) is 8.65. The van der Waals surface area contributed by atoms with E-state index in [1.165, 1.54) is 12.8 Å². The van der Waals surface area contributed by atoms with Crippen LogP contribution in [0.4, 0.5) is 5.95 Å². The van der Waals surface area contributed by atoms with Crippen molar-refractivity contribution >= 4 is 22.5 Å². The lowest BCUT2D eigenvalue weighted by Crippen LogP contribution is -2.33. The summed E-state index contributed by atoms with van der Waals surface area (Å²) in [5, 5.41) is 12.2. The predicted octanol–water partition coefficient (Wildman–Crippen LogP) is 0.957. The number of benzene rings is 1. The Balaban J connectivity index is 1.58. The number of hydrogen-bond donors (Lipinski definition) is 3. The van der Waals surface area contributed by atoms with E-state index < -0.39 is 0 Å². The molecule has 1 aromatic carbocycles. The van der Waals surface area contributed by atoms with E-state index in [4.69, 9.17) is 10.5 Å². The van der Waals surface area contributed by atoms with Crippen LogP contribution in [-0.2, 0) is 6.54 Å². The number of nitrogens with two attached hydrogens (primary N) is 1. The van der Waals surface area contributed by atoms with Crippen molar-refractivity contribution in [2.75, 3.05) is 32.5 Å². The number of methoxy groups -OCH3 is 1. The molecule has 1 aliphatic rings. The Kier molecular flexibility index (Phi) is 4.37. The summed E-state index contributed by atoms with van der Waals surface area (Å²) >= 11 is 0. The Labute approximate surface area is 145 Å². The van der Waals surface area contributed by atoms with Crippen LogP contribution in [0.2, 0.25) is 0 Å². The van der Waals surface area contributed by atoms with Gasteiger partial charge in [-0.25, -0.2) is 9.97 Å². The van der Waals surface area contributed by atoms with E-state index in [0.29, 0.717) is 29.4 Å². The topological polar surface area (TPSA) is 102 Å². The molecule has 0 radical (unpaired) electrons. The summed E-state index contributed by atoms with van der Waals surface area (Å²) in [7, 11) is 1.62. The second kappa shape index (κ2) is 6.81. The monoisotopic (exact) mass is 341 g/mol. The van der Waals surface area contributed by atoms with E-state index in [9.17, 15) is 0 Å². The van der Waals surface area contributed by atoms with Gasteiger partial charge in [0.15, 0.2) is 11.5 Å². The van der Waals surface area contributed by atoms with Crippen LogP contribution in [0, 0.1) is 5.92 Å². The van der Waals surface area contributed by atoms with Gasteiger partial charge < -0.3 is 21.1 Å². The lowest BCUT2D eigenvalue weighted by Gasteiger charge is -2.22. The van der Waals surface area contributed by atoms with Crippen LogP contribution in [0.1, 0.15) is 18.7 Å². The van der Waals surface area contributed by atoms with E-state index in [0.717, 1.165) is 36.8 Å². The number of piperidine rings is 1. The average Bonchev–Trinajstić information content (AvgIpc) is 3.07. The summed E-state index contributed by atoms with van der Waals surface area (Å²) in [6.07, 6.45) is 2.43. The summed E-state index contributed by atoms with van der Waals surface area (Å²) in [5.74, 6) is 2.43. The molecule has 3 heterocycles. The van der Waals surface area contributed by atoms with Crippen molar-refractivity contribution in [2.45, 2.75) is 19.4 Å². The predicted molar refractivity (Wildman–Crippen MR) is 96.6 cm³/mol. The summed E-state index contributed by atoms with van der Waals surface area (Å²) in [4.78, 5) is 9.09. The minimum absolute atomic E-state index is 0.309. The molecule has 0 saturated carbocycles. The summed E-state index contributed by atoms with van der Waals surface area (Å²) < 4.78 is 6.98. The van der Waals surface area contributed by atoms with Crippen molar-refractivity contribution in [3.63, 3.8) is 0 Å². The smallest absolute Gasteiger partial charge is 0.223 e. The minimum atomic E-state index is 0.309. The summed E-state index contributed by atoms with van der Waals surface area (Å²) in [6, 6.07) is 5.74. The molecular weight excluding hydrogens is 318 g/mol. The molecule has 0 amide bonds. The van der Waals surface area contributed by atoms with Gasteiger partial charge in [0.1, 0.15) is 11.3 Å². The van der Waals surface area contributed by atoms with Gasteiger partial charge in [-0.05, 0) is 50.5 Å². The quantitative estimate of drug-likeness (QED) is 0.635. The molecule has 0 spiro atoms.